The van der Waals surface area contributed by atoms with Crippen LogP contribution in [-0.2, 0) is 13.0 Å². The molecular weight excluding hydrogens is 310 g/mol. The van der Waals surface area contributed by atoms with Gasteiger partial charge in [0, 0.05) is 24.3 Å². The monoisotopic (exact) mass is 339 g/mol. The van der Waals surface area contributed by atoms with E-state index in [0.29, 0.717) is 18.7 Å². The second kappa shape index (κ2) is 9.84. The second-order valence-electron chi connectivity index (χ2n) is 6.48. The van der Waals surface area contributed by atoms with E-state index in [1.54, 1.807) is 0 Å². The first-order valence-corrected chi connectivity index (χ1v) is 8.93. The molecule has 0 radical (unpaired) electrons. The number of hydrogen-bond donors (Lipinski definition) is 2. The summed E-state index contributed by atoms with van der Waals surface area (Å²) in [6.45, 7) is 4.53. The van der Waals surface area contributed by atoms with Crippen LogP contribution in [0.25, 0.3) is 0 Å². The summed E-state index contributed by atoms with van der Waals surface area (Å²) in [5.74, 6) is -0.00503. The summed E-state index contributed by atoms with van der Waals surface area (Å²) in [6, 6.07) is 16.2. The molecule has 134 valence electrons. The van der Waals surface area contributed by atoms with Crippen molar-refractivity contribution >= 4 is 11.6 Å². The fraction of sp³-hybridized carbons (Fsp3) is 0.381. The molecule has 0 saturated heterocycles. The topological polar surface area (TPSA) is 44.4 Å². The third-order valence-electron chi connectivity index (χ3n) is 4.14. The molecule has 0 aliphatic rings. The highest BCUT2D eigenvalue weighted by atomic mass is 16.1. The number of nitrogens with zero attached hydrogens (tertiary/aromatic N) is 1. The summed E-state index contributed by atoms with van der Waals surface area (Å²) in [5, 5.41) is 6.46. The first kappa shape index (κ1) is 19.0. The van der Waals surface area contributed by atoms with Gasteiger partial charge in [-0.15, -0.1) is 0 Å². The Kier molecular flexibility index (Phi) is 7.48. The molecule has 2 rings (SSSR count). The Hall–Kier alpha value is -2.33. The van der Waals surface area contributed by atoms with Gasteiger partial charge in [0.15, 0.2) is 0 Å². The third-order valence-corrected chi connectivity index (χ3v) is 4.14. The summed E-state index contributed by atoms with van der Waals surface area (Å²) in [4.78, 5) is 14.4. The Morgan fingerprint density at radius 3 is 2.64 bits per heavy atom. The molecule has 0 fully saturated rings. The SMILES string of the molecule is CCc1ccccc1NCc1cccc(C(=O)NCCCN(C)C)c1. The van der Waals surface area contributed by atoms with E-state index in [1.165, 1.54) is 5.56 Å². The normalized spacial score (nSPS) is 10.7. The third kappa shape index (κ3) is 6.24. The van der Waals surface area contributed by atoms with Gasteiger partial charge in [-0.2, -0.15) is 0 Å². The fourth-order valence-corrected chi connectivity index (χ4v) is 2.72. The number of hydrogen-bond acceptors (Lipinski definition) is 3. The highest BCUT2D eigenvalue weighted by Gasteiger charge is 2.06. The van der Waals surface area contributed by atoms with Crippen molar-refractivity contribution in [3.8, 4) is 0 Å². The van der Waals surface area contributed by atoms with Crippen LogP contribution in [-0.4, -0.2) is 38.0 Å². The van der Waals surface area contributed by atoms with E-state index in [-0.39, 0.29) is 5.91 Å². The van der Waals surface area contributed by atoms with E-state index in [9.17, 15) is 4.79 Å². The van der Waals surface area contributed by atoms with Gasteiger partial charge < -0.3 is 15.5 Å². The Labute approximate surface area is 151 Å². The van der Waals surface area contributed by atoms with E-state index in [2.05, 4.69) is 40.7 Å². The Balaban J connectivity index is 1.91. The summed E-state index contributed by atoms with van der Waals surface area (Å²) in [5.41, 5.74) is 4.28. The predicted octanol–water partition coefficient (Wildman–Crippen LogP) is 3.54. The van der Waals surface area contributed by atoms with Gasteiger partial charge in [-0.25, -0.2) is 0 Å². The smallest absolute Gasteiger partial charge is 0.251 e. The summed E-state index contributed by atoms with van der Waals surface area (Å²) in [6.07, 6.45) is 1.95. The standard InChI is InChI=1S/C21H29N3O/c1-4-18-10-5-6-12-20(18)23-16-17-9-7-11-19(15-17)21(25)22-13-8-14-24(2)3/h5-7,9-12,15,23H,4,8,13-14,16H2,1-3H3,(H,22,25). The first-order chi connectivity index (χ1) is 12.1. The van der Waals surface area contributed by atoms with Crippen LogP contribution in [0.5, 0.6) is 0 Å². The maximum Gasteiger partial charge on any atom is 0.251 e. The van der Waals surface area contributed by atoms with Crippen molar-refractivity contribution < 1.29 is 4.79 Å². The lowest BCUT2D eigenvalue weighted by atomic mass is 10.1. The molecule has 2 aromatic carbocycles. The quantitative estimate of drug-likeness (QED) is 0.687. The lowest BCUT2D eigenvalue weighted by Gasteiger charge is -2.12. The molecule has 2 aromatic rings. The fourth-order valence-electron chi connectivity index (χ4n) is 2.72. The number of benzene rings is 2. The molecule has 0 aliphatic heterocycles. The zero-order valence-electron chi connectivity index (χ0n) is 15.5. The van der Waals surface area contributed by atoms with Crippen molar-refractivity contribution in [2.75, 3.05) is 32.5 Å². The van der Waals surface area contributed by atoms with Gasteiger partial charge >= 0.3 is 0 Å². The van der Waals surface area contributed by atoms with Crippen LogP contribution in [0.4, 0.5) is 5.69 Å². The van der Waals surface area contributed by atoms with Gasteiger partial charge in [0.25, 0.3) is 5.91 Å². The molecule has 0 atom stereocenters. The van der Waals surface area contributed by atoms with Crippen molar-refractivity contribution in [3.05, 3.63) is 65.2 Å². The zero-order chi connectivity index (χ0) is 18.1. The van der Waals surface area contributed by atoms with Crippen molar-refractivity contribution in [3.63, 3.8) is 0 Å². The van der Waals surface area contributed by atoms with Crippen molar-refractivity contribution in [1.29, 1.82) is 0 Å². The highest BCUT2D eigenvalue weighted by molar-refractivity contribution is 5.94. The van der Waals surface area contributed by atoms with Gasteiger partial charge in [0.2, 0.25) is 0 Å². The zero-order valence-corrected chi connectivity index (χ0v) is 15.5. The largest absolute Gasteiger partial charge is 0.381 e. The number of carbonyl (C=O) groups excluding carboxylic acids is 1. The van der Waals surface area contributed by atoms with E-state index < -0.39 is 0 Å². The molecule has 0 unspecified atom stereocenters. The number of nitrogens with one attached hydrogen (secondary N) is 2. The van der Waals surface area contributed by atoms with Crippen LogP contribution in [0, 0.1) is 0 Å². The van der Waals surface area contributed by atoms with Crippen molar-refractivity contribution in [1.82, 2.24) is 10.2 Å². The number of anilines is 1. The molecular formula is C21H29N3O. The van der Waals surface area contributed by atoms with E-state index in [0.717, 1.165) is 30.6 Å². The maximum absolute atomic E-state index is 12.3. The molecule has 4 heteroatoms. The van der Waals surface area contributed by atoms with E-state index >= 15 is 0 Å². The summed E-state index contributed by atoms with van der Waals surface area (Å²) >= 11 is 0. The lowest BCUT2D eigenvalue weighted by molar-refractivity contribution is 0.0952. The minimum Gasteiger partial charge on any atom is -0.381 e. The van der Waals surface area contributed by atoms with Gasteiger partial charge in [-0.1, -0.05) is 37.3 Å². The van der Waals surface area contributed by atoms with Crippen LogP contribution >= 0.6 is 0 Å². The highest BCUT2D eigenvalue weighted by Crippen LogP contribution is 2.17. The minimum atomic E-state index is -0.00503. The molecule has 0 heterocycles. The molecule has 0 spiro atoms. The first-order valence-electron chi connectivity index (χ1n) is 8.93. The van der Waals surface area contributed by atoms with Crippen LogP contribution in [0.15, 0.2) is 48.5 Å². The molecule has 1 amide bonds. The van der Waals surface area contributed by atoms with E-state index in [4.69, 9.17) is 0 Å². The van der Waals surface area contributed by atoms with Crippen LogP contribution < -0.4 is 10.6 Å². The molecule has 4 nitrogen and oxygen atoms in total. The minimum absolute atomic E-state index is 0.00503. The van der Waals surface area contributed by atoms with Gasteiger partial charge in [0.1, 0.15) is 0 Å². The summed E-state index contributed by atoms with van der Waals surface area (Å²) in [7, 11) is 4.07. The average molecular weight is 339 g/mol. The Morgan fingerprint density at radius 2 is 1.88 bits per heavy atom. The molecule has 25 heavy (non-hydrogen) atoms. The number of amides is 1. The molecule has 0 aromatic heterocycles. The molecule has 0 bridgehead atoms. The number of aryl methyl sites for hydroxylation is 1. The number of rotatable bonds is 9. The van der Waals surface area contributed by atoms with Crippen molar-refractivity contribution in [2.24, 2.45) is 0 Å². The van der Waals surface area contributed by atoms with E-state index in [1.807, 2.05) is 44.4 Å². The molecule has 0 aliphatic carbocycles. The molecule has 0 saturated carbocycles. The van der Waals surface area contributed by atoms with Crippen LogP contribution in [0.1, 0.15) is 34.8 Å². The summed E-state index contributed by atoms with van der Waals surface area (Å²) < 4.78 is 0. The van der Waals surface area contributed by atoms with Gasteiger partial charge in [-0.05, 0) is 62.8 Å². The predicted molar refractivity (Wildman–Crippen MR) is 105 cm³/mol. The lowest BCUT2D eigenvalue weighted by Crippen LogP contribution is -2.27. The van der Waals surface area contributed by atoms with Crippen LogP contribution in [0.2, 0.25) is 0 Å². The average Bonchev–Trinajstić information content (AvgIpc) is 2.63. The van der Waals surface area contributed by atoms with Crippen LogP contribution in [0.3, 0.4) is 0 Å². The number of para-hydroxylation sites is 1. The Bertz CT molecular complexity index is 682. The maximum atomic E-state index is 12.3. The molecule has 2 N–H and O–H groups in total. The Morgan fingerprint density at radius 1 is 1.08 bits per heavy atom. The number of carbonyl (C=O) groups is 1. The van der Waals surface area contributed by atoms with Gasteiger partial charge in [-0.3, -0.25) is 4.79 Å². The second-order valence-corrected chi connectivity index (χ2v) is 6.48. The van der Waals surface area contributed by atoms with Crippen molar-refractivity contribution in [2.45, 2.75) is 26.3 Å². The van der Waals surface area contributed by atoms with Gasteiger partial charge in [0.05, 0.1) is 0 Å².